The molecule has 16 heavy (non-hydrogen) atoms. The molecule has 0 aliphatic carbocycles. The molecule has 0 saturated heterocycles. The van der Waals surface area contributed by atoms with Crippen LogP contribution in [0.3, 0.4) is 0 Å². The zero-order chi connectivity index (χ0) is 11.8. The molecule has 0 bridgehead atoms. The summed E-state index contributed by atoms with van der Waals surface area (Å²) in [6.45, 7) is 8.18. The summed E-state index contributed by atoms with van der Waals surface area (Å²) in [5.41, 5.74) is 1.18. The van der Waals surface area contributed by atoms with Crippen LogP contribution in [0.15, 0.2) is 18.5 Å². The molecule has 0 amide bonds. The summed E-state index contributed by atoms with van der Waals surface area (Å²) in [6.07, 6.45) is 6.09. The van der Waals surface area contributed by atoms with Gasteiger partial charge in [0.2, 0.25) is 0 Å². The summed E-state index contributed by atoms with van der Waals surface area (Å²) in [5, 5.41) is 3.30. The number of ether oxygens (including phenoxy) is 1. The van der Waals surface area contributed by atoms with Gasteiger partial charge in [0.25, 0.3) is 0 Å². The lowest BCUT2D eigenvalue weighted by Crippen LogP contribution is -2.16. The highest BCUT2D eigenvalue weighted by molar-refractivity contribution is 5.29. The molecule has 1 aromatic rings. The zero-order valence-corrected chi connectivity index (χ0v) is 10.5. The lowest BCUT2D eigenvalue weighted by atomic mass is 10.2. The fraction of sp³-hybridized carbons (Fsp3) is 0.615. The molecule has 1 N–H and O–H groups in total. The molecule has 0 spiro atoms. The molecule has 1 atom stereocenters. The Morgan fingerprint density at radius 2 is 2.25 bits per heavy atom. The van der Waals surface area contributed by atoms with Gasteiger partial charge in [0.1, 0.15) is 5.75 Å². The van der Waals surface area contributed by atoms with Crippen molar-refractivity contribution in [2.45, 2.75) is 46.3 Å². The monoisotopic (exact) mass is 222 g/mol. The van der Waals surface area contributed by atoms with Gasteiger partial charge in [0.05, 0.1) is 12.3 Å². The van der Waals surface area contributed by atoms with E-state index >= 15 is 0 Å². The van der Waals surface area contributed by atoms with E-state index in [4.69, 9.17) is 4.74 Å². The Morgan fingerprint density at radius 3 is 2.94 bits per heavy atom. The lowest BCUT2D eigenvalue weighted by molar-refractivity contribution is 0.207. The van der Waals surface area contributed by atoms with E-state index in [1.54, 1.807) is 6.20 Å². The van der Waals surface area contributed by atoms with Crippen molar-refractivity contribution >= 4 is 0 Å². The SMILES string of the molecule is CCCC(C)Oc1cnccc1CNCC. The van der Waals surface area contributed by atoms with Crippen molar-refractivity contribution in [2.24, 2.45) is 0 Å². The number of aromatic nitrogens is 1. The Labute approximate surface area is 98.2 Å². The molecule has 90 valence electrons. The van der Waals surface area contributed by atoms with Gasteiger partial charge in [0, 0.05) is 18.3 Å². The van der Waals surface area contributed by atoms with Crippen LogP contribution in [-0.2, 0) is 6.54 Å². The molecule has 0 radical (unpaired) electrons. The second-order valence-corrected chi connectivity index (χ2v) is 3.98. The normalized spacial score (nSPS) is 12.4. The minimum atomic E-state index is 0.259. The standard InChI is InChI=1S/C13H22N2O/c1-4-6-11(3)16-13-10-15-8-7-12(13)9-14-5-2/h7-8,10-11,14H,4-6,9H2,1-3H3. The topological polar surface area (TPSA) is 34.1 Å². The summed E-state index contributed by atoms with van der Waals surface area (Å²) < 4.78 is 5.88. The lowest BCUT2D eigenvalue weighted by Gasteiger charge is -2.16. The number of hydrogen-bond acceptors (Lipinski definition) is 3. The molecule has 1 aromatic heterocycles. The molecule has 1 rings (SSSR count). The first-order valence-electron chi connectivity index (χ1n) is 6.08. The van der Waals surface area contributed by atoms with Crippen LogP contribution in [0.4, 0.5) is 0 Å². The van der Waals surface area contributed by atoms with E-state index in [1.807, 2.05) is 12.3 Å². The quantitative estimate of drug-likeness (QED) is 0.770. The summed E-state index contributed by atoms with van der Waals surface area (Å²) in [4.78, 5) is 4.11. The predicted molar refractivity (Wildman–Crippen MR) is 66.6 cm³/mol. The molecule has 0 saturated carbocycles. The second-order valence-electron chi connectivity index (χ2n) is 3.98. The van der Waals surface area contributed by atoms with Crippen LogP contribution in [0.5, 0.6) is 5.75 Å². The van der Waals surface area contributed by atoms with Gasteiger partial charge >= 0.3 is 0 Å². The highest BCUT2D eigenvalue weighted by Crippen LogP contribution is 2.18. The molecule has 0 fully saturated rings. The zero-order valence-electron chi connectivity index (χ0n) is 10.5. The number of nitrogens with one attached hydrogen (secondary N) is 1. The number of pyridine rings is 1. The first-order chi connectivity index (χ1) is 7.77. The van der Waals surface area contributed by atoms with Crippen molar-refractivity contribution in [1.82, 2.24) is 10.3 Å². The average molecular weight is 222 g/mol. The molecule has 0 aliphatic rings. The number of nitrogens with zero attached hydrogens (tertiary/aromatic N) is 1. The van der Waals surface area contributed by atoms with Gasteiger partial charge in [-0.25, -0.2) is 0 Å². The smallest absolute Gasteiger partial charge is 0.142 e. The van der Waals surface area contributed by atoms with E-state index in [2.05, 4.69) is 31.1 Å². The first-order valence-corrected chi connectivity index (χ1v) is 6.08. The van der Waals surface area contributed by atoms with Crippen LogP contribution >= 0.6 is 0 Å². The summed E-state index contributed by atoms with van der Waals surface area (Å²) in [6, 6.07) is 2.01. The summed E-state index contributed by atoms with van der Waals surface area (Å²) in [7, 11) is 0. The predicted octanol–water partition coefficient (Wildman–Crippen LogP) is 2.76. The van der Waals surface area contributed by atoms with Gasteiger partial charge in [-0.05, 0) is 26.0 Å². The van der Waals surface area contributed by atoms with Gasteiger partial charge in [-0.15, -0.1) is 0 Å². The summed E-state index contributed by atoms with van der Waals surface area (Å²) in [5.74, 6) is 0.907. The minimum Gasteiger partial charge on any atom is -0.489 e. The number of hydrogen-bond donors (Lipinski definition) is 1. The molecule has 3 heteroatoms. The molecular formula is C13H22N2O. The minimum absolute atomic E-state index is 0.259. The van der Waals surface area contributed by atoms with Gasteiger partial charge in [-0.2, -0.15) is 0 Å². The molecule has 3 nitrogen and oxygen atoms in total. The van der Waals surface area contributed by atoms with Crippen LogP contribution in [0, 0.1) is 0 Å². The largest absolute Gasteiger partial charge is 0.489 e. The van der Waals surface area contributed by atoms with Crippen molar-refractivity contribution < 1.29 is 4.74 Å². The van der Waals surface area contributed by atoms with E-state index in [9.17, 15) is 0 Å². The fourth-order valence-corrected chi connectivity index (χ4v) is 1.60. The molecular weight excluding hydrogens is 200 g/mol. The van der Waals surface area contributed by atoms with E-state index in [-0.39, 0.29) is 6.10 Å². The number of rotatable bonds is 7. The highest BCUT2D eigenvalue weighted by Gasteiger charge is 2.07. The molecule has 1 heterocycles. The third-order valence-electron chi connectivity index (χ3n) is 2.46. The Balaban J connectivity index is 2.62. The average Bonchev–Trinajstić information content (AvgIpc) is 2.28. The van der Waals surface area contributed by atoms with Gasteiger partial charge in [-0.3, -0.25) is 4.98 Å². The first kappa shape index (κ1) is 13.0. The van der Waals surface area contributed by atoms with Crippen LogP contribution in [0.2, 0.25) is 0 Å². The van der Waals surface area contributed by atoms with Crippen molar-refractivity contribution in [2.75, 3.05) is 6.54 Å². The van der Waals surface area contributed by atoms with Crippen molar-refractivity contribution in [3.8, 4) is 5.75 Å². The van der Waals surface area contributed by atoms with E-state index in [1.165, 1.54) is 5.56 Å². The van der Waals surface area contributed by atoms with E-state index in [0.29, 0.717) is 0 Å². The maximum atomic E-state index is 5.88. The third kappa shape index (κ3) is 4.19. The highest BCUT2D eigenvalue weighted by atomic mass is 16.5. The van der Waals surface area contributed by atoms with Crippen molar-refractivity contribution in [1.29, 1.82) is 0 Å². The van der Waals surface area contributed by atoms with Crippen LogP contribution < -0.4 is 10.1 Å². The van der Waals surface area contributed by atoms with Crippen molar-refractivity contribution in [3.63, 3.8) is 0 Å². The third-order valence-corrected chi connectivity index (χ3v) is 2.46. The molecule has 0 aliphatic heterocycles. The van der Waals surface area contributed by atoms with Crippen LogP contribution in [0.25, 0.3) is 0 Å². The Morgan fingerprint density at radius 1 is 1.44 bits per heavy atom. The van der Waals surface area contributed by atoms with Crippen LogP contribution in [0.1, 0.15) is 39.2 Å². The van der Waals surface area contributed by atoms with E-state index in [0.717, 1.165) is 31.7 Å². The Bertz CT molecular complexity index is 302. The summed E-state index contributed by atoms with van der Waals surface area (Å²) >= 11 is 0. The maximum Gasteiger partial charge on any atom is 0.142 e. The Hall–Kier alpha value is -1.09. The molecule has 0 aromatic carbocycles. The Kier molecular flexibility index (Phi) is 5.86. The fourth-order valence-electron chi connectivity index (χ4n) is 1.60. The van der Waals surface area contributed by atoms with Crippen molar-refractivity contribution in [3.05, 3.63) is 24.0 Å². The van der Waals surface area contributed by atoms with Gasteiger partial charge < -0.3 is 10.1 Å². The van der Waals surface area contributed by atoms with Gasteiger partial charge in [-0.1, -0.05) is 20.3 Å². The van der Waals surface area contributed by atoms with Crippen LogP contribution in [-0.4, -0.2) is 17.6 Å². The maximum absolute atomic E-state index is 5.88. The second kappa shape index (κ2) is 7.23. The van der Waals surface area contributed by atoms with E-state index < -0.39 is 0 Å². The molecule has 1 unspecified atom stereocenters. The van der Waals surface area contributed by atoms with Gasteiger partial charge in [0.15, 0.2) is 0 Å².